The van der Waals surface area contributed by atoms with Gasteiger partial charge in [0.05, 0.1) is 7.11 Å². The van der Waals surface area contributed by atoms with E-state index in [1.165, 1.54) is 17.7 Å². The summed E-state index contributed by atoms with van der Waals surface area (Å²) in [4.78, 5) is 2.50. The first-order valence-corrected chi connectivity index (χ1v) is 7.53. The fraction of sp³-hybridized carbons (Fsp3) is 0.647. The predicted octanol–water partition coefficient (Wildman–Crippen LogP) is 3.22. The molecule has 1 N–H and O–H groups in total. The smallest absolute Gasteiger partial charge is 0.119 e. The van der Waals surface area contributed by atoms with E-state index in [4.69, 9.17) is 4.74 Å². The lowest BCUT2D eigenvalue weighted by atomic mass is 10.1. The van der Waals surface area contributed by atoms with Crippen molar-refractivity contribution in [3.8, 4) is 5.75 Å². The first-order chi connectivity index (χ1) is 9.39. The summed E-state index contributed by atoms with van der Waals surface area (Å²) in [7, 11) is 1.72. The van der Waals surface area contributed by atoms with E-state index in [-0.39, 0.29) is 5.54 Å². The summed E-state index contributed by atoms with van der Waals surface area (Å²) < 4.78 is 5.28. The average Bonchev–Trinajstić information content (AvgIpc) is 2.84. The highest BCUT2D eigenvalue weighted by molar-refractivity contribution is 5.56. The van der Waals surface area contributed by atoms with E-state index in [2.05, 4.69) is 56.1 Å². The van der Waals surface area contributed by atoms with Crippen molar-refractivity contribution < 1.29 is 4.74 Å². The van der Waals surface area contributed by atoms with Crippen molar-refractivity contribution in [2.45, 2.75) is 39.7 Å². The predicted molar refractivity (Wildman–Crippen MR) is 85.8 cm³/mol. The molecule has 1 fully saturated rings. The van der Waals surface area contributed by atoms with Crippen LogP contribution in [0.3, 0.4) is 0 Å². The van der Waals surface area contributed by atoms with Crippen LogP contribution in [0.1, 0.15) is 32.8 Å². The van der Waals surface area contributed by atoms with E-state index in [0.29, 0.717) is 0 Å². The number of hydrogen-bond donors (Lipinski definition) is 1. The fourth-order valence-corrected chi connectivity index (χ4v) is 2.78. The first-order valence-electron chi connectivity index (χ1n) is 7.53. The minimum absolute atomic E-state index is 0.212. The molecule has 2 rings (SSSR count). The Balaban J connectivity index is 1.95. The number of anilines is 1. The molecule has 3 heteroatoms. The summed E-state index contributed by atoms with van der Waals surface area (Å²) >= 11 is 0. The normalized spacial score (nSPS) is 19.4. The van der Waals surface area contributed by atoms with Crippen LogP contribution in [0.2, 0.25) is 0 Å². The largest absolute Gasteiger partial charge is 0.497 e. The van der Waals surface area contributed by atoms with Crippen LogP contribution in [0.5, 0.6) is 5.75 Å². The van der Waals surface area contributed by atoms with Gasteiger partial charge in [-0.25, -0.2) is 0 Å². The lowest BCUT2D eigenvalue weighted by Gasteiger charge is -2.24. The summed E-state index contributed by atoms with van der Waals surface area (Å²) in [6, 6.07) is 6.37. The highest BCUT2D eigenvalue weighted by atomic mass is 16.5. The van der Waals surface area contributed by atoms with E-state index in [1.807, 2.05) is 0 Å². The molecule has 1 aromatic rings. The van der Waals surface area contributed by atoms with Gasteiger partial charge in [-0.1, -0.05) is 0 Å². The minimum Gasteiger partial charge on any atom is -0.497 e. The molecule has 1 aromatic carbocycles. The molecule has 112 valence electrons. The molecule has 1 heterocycles. The second-order valence-corrected chi connectivity index (χ2v) is 6.88. The molecule has 0 saturated carbocycles. The second kappa shape index (κ2) is 6.04. The summed E-state index contributed by atoms with van der Waals surface area (Å²) in [6.45, 7) is 12.3. The maximum absolute atomic E-state index is 5.28. The Morgan fingerprint density at radius 2 is 2.10 bits per heavy atom. The molecular formula is C17H28N2O. The Bertz CT molecular complexity index is 451. The van der Waals surface area contributed by atoms with Crippen molar-refractivity contribution >= 4 is 5.69 Å². The first kappa shape index (κ1) is 15.2. The third-order valence-electron chi connectivity index (χ3n) is 3.95. The van der Waals surface area contributed by atoms with Gasteiger partial charge in [0.2, 0.25) is 0 Å². The lowest BCUT2D eigenvalue weighted by Crippen LogP contribution is -2.39. The van der Waals surface area contributed by atoms with Crippen LogP contribution < -0.4 is 15.0 Å². The molecule has 0 amide bonds. The molecule has 1 aliphatic heterocycles. The Kier molecular flexibility index (Phi) is 4.59. The lowest BCUT2D eigenvalue weighted by molar-refractivity contribution is 0.383. The van der Waals surface area contributed by atoms with Crippen LogP contribution in [0.4, 0.5) is 5.69 Å². The van der Waals surface area contributed by atoms with Gasteiger partial charge in [-0.3, -0.25) is 0 Å². The minimum atomic E-state index is 0.212. The molecule has 0 aromatic heterocycles. The molecule has 0 radical (unpaired) electrons. The van der Waals surface area contributed by atoms with Crippen LogP contribution in [0.25, 0.3) is 0 Å². The van der Waals surface area contributed by atoms with Gasteiger partial charge in [0.1, 0.15) is 5.75 Å². The van der Waals surface area contributed by atoms with E-state index in [0.717, 1.165) is 31.3 Å². The second-order valence-electron chi connectivity index (χ2n) is 6.88. The maximum atomic E-state index is 5.28. The number of hydrogen-bond acceptors (Lipinski definition) is 3. The number of nitrogens with one attached hydrogen (secondary N) is 1. The van der Waals surface area contributed by atoms with Crippen molar-refractivity contribution in [2.24, 2.45) is 5.92 Å². The van der Waals surface area contributed by atoms with Crippen LogP contribution in [0, 0.1) is 12.8 Å². The maximum Gasteiger partial charge on any atom is 0.119 e. The molecule has 0 spiro atoms. The van der Waals surface area contributed by atoms with Crippen LogP contribution >= 0.6 is 0 Å². The van der Waals surface area contributed by atoms with E-state index in [1.54, 1.807) is 7.11 Å². The Labute approximate surface area is 123 Å². The molecule has 1 aliphatic rings. The summed E-state index contributed by atoms with van der Waals surface area (Å²) in [5.41, 5.74) is 2.86. The standard InChI is InChI=1S/C17H28N2O/c1-13-10-15(20-5)6-7-16(13)19-9-8-14(12-19)11-18-17(2,3)4/h6-7,10,14,18H,8-9,11-12H2,1-5H3. The summed E-state index contributed by atoms with van der Waals surface area (Å²) in [5, 5.41) is 3.62. The van der Waals surface area contributed by atoms with E-state index in [9.17, 15) is 0 Å². The molecule has 1 unspecified atom stereocenters. The zero-order valence-corrected chi connectivity index (χ0v) is 13.5. The quantitative estimate of drug-likeness (QED) is 0.914. The van der Waals surface area contributed by atoms with Gasteiger partial charge in [-0.05, 0) is 63.8 Å². The van der Waals surface area contributed by atoms with E-state index < -0.39 is 0 Å². The molecule has 1 atom stereocenters. The van der Waals surface area contributed by atoms with Crippen LogP contribution in [0.15, 0.2) is 18.2 Å². The van der Waals surface area contributed by atoms with Crippen molar-refractivity contribution in [3.63, 3.8) is 0 Å². The van der Waals surface area contributed by atoms with Gasteiger partial charge in [-0.2, -0.15) is 0 Å². The number of benzene rings is 1. The molecule has 1 saturated heterocycles. The fourth-order valence-electron chi connectivity index (χ4n) is 2.78. The number of methoxy groups -OCH3 is 1. The highest BCUT2D eigenvalue weighted by Gasteiger charge is 2.24. The Morgan fingerprint density at radius 3 is 2.70 bits per heavy atom. The van der Waals surface area contributed by atoms with Gasteiger partial charge >= 0.3 is 0 Å². The van der Waals surface area contributed by atoms with Crippen molar-refractivity contribution in [2.75, 3.05) is 31.6 Å². The van der Waals surface area contributed by atoms with Crippen molar-refractivity contribution in [1.82, 2.24) is 5.32 Å². The van der Waals surface area contributed by atoms with Crippen molar-refractivity contribution in [3.05, 3.63) is 23.8 Å². The number of ether oxygens (including phenoxy) is 1. The van der Waals surface area contributed by atoms with Crippen LogP contribution in [-0.2, 0) is 0 Å². The van der Waals surface area contributed by atoms with Gasteiger partial charge < -0.3 is 15.0 Å². The SMILES string of the molecule is COc1ccc(N2CCC(CNC(C)(C)C)C2)c(C)c1. The third kappa shape index (κ3) is 3.89. The molecule has 20 heavy (non-hydrogen) atoms. The zero-order valence-electron chi connectivity index (χ0n) is 13.5. The van der Waals surface area contributed by atoms with E-state index >= 15 is 0 Å². The highest BCUT2D eigenvalue weighted by Crippen LogP contribution is 2.29. The molecule has 0 bridgehead atoms. The number of aryl methyl sites for hydroxylation is 1. The van der Waals surface area contributed by atoms with Crippen molar-refractivity contribution in [1.29, 1.82) is 0 Å². The van der Waals surface area contributed by atoms with Crippen LogP contribution in [-0.4, -0.2) is 32.3 Å². The van der Waals surface area contributed by atoms with Gasteiger partial charge in [-0.15, -0.1) is 0 Å². The monoisotopic (exact) mass is 276 g/mol. The van der Waals surface area contributed by atoms with Gasteiger partial charge in [0.15, 0.2) is 0 Å². The molecule has 3 nitrogen and oxygen atoms in total. The topological polar surface area (TPSA) is 24.5 Å². The third-order valence-corrected chi connectivity index (χ3v) is 3.95. The van der Waals surface area contributed by atoms with Gasteiger partial charge in [0.25, 0.3) is 0 Å². The summed E-state index contributed by atoms with van der Waals surface area (Å²) in [6.07, 6.45) is 1.27. The zero-order chi connectivity index (χ0) is 14.8. The number of nitrogens with zero attached hydrogens (tertiary/aromatic N) is 1. The summed E-state index contributed by atoms with van der Waals surface area (Å²) in [5.74, 6) is 1.69. The number of rotatable bonds is 4. The Hall–Kier alpha value is -1.22. The average molecular weight is 276 g/mol. The molecular weight excluding hydrogens is 248 g/mol. The Morgan fingerprint density at radius 1 is 1.35 bits per heavy atom. The van der Waals surface area contributed by atoms with Gasteiger partial charge in [0, 0.05) is 30.9 Å². The molecule has 0 aliphatic carbocycles.